The molecule has 1 aromatic rings. The summed E-state index contributed by atoms with van der Waals surface area (Å²) in [6.07, 6.45) is 3.16. The maximum absolute atomic E-state index is 11.2. The van der Waals surface area contributed by atoms with Gasteiger partial charge < -0.3 is 25.6 Å². The van der Waals surface area contributed by atoms with Gasteiger partial charge in [0.2, 0.25) is 0 Å². The topological polar surface area (TPSA) is 165 Å². The van der Waals surface area contributed by atoms with E-state index in [1.807, 2.05) is 0 Å². The Morgan fingerprint density at radius 3 is 2.08 bits per heavy atom. The number of carboxylic acids is 3. The van der Waals surface area contributed by atoms with Crippen molar-refractivity contribution in [3.05, 3.63) is 18.2 Å². The van der Waals surface area contributed by atoms with Crippen LogP contribution in [0.1, 0.15) is 19.0 Å². The lowest BCUT2D eigenvalue weighted by Crippen LogP contribution is -2.48. The molecule has 0 saturated carbocycles. The summed E-state index contributed by atoms with van der Waals surface area (Å²) in [5.74, 6) is -3.43. The molecule has 0 unspecified atom stereocenters. The molecule has 152 valence electrons. The molecule has 1 heterocycles. The lowest BCUT2D eigenvalue weighted by Gasteiger charge is -2.19. The van der Waals surface area contributed by atoms with Crippen molar-refractivity contribution in [3.8, 4) is 0 Å². The molecular formula is C13H23Cl3N4O6. The molecule has 0 amide bonds. The predicted molar refractivity (Wildman–Crippen MR) is 99.7 cm³/mol. The third kappa shape index (κ3) is 10.4. The van der Waals surface area contributed by atoms with Gasteiger partial charge >= 0.3 is 17.9 Å². The fourth-order valence-corrected chi connectivity index (χ4v) is 1.92. The molecule has 1 aromatic heterocycles. The van der Waals surface area contributed by atoms with Gasteiger partial charge in [-0.1, -0.05) is 0 Å². The Bertz CT molecular complexity index is 546. The van der Waals surface area contributed by atoms with Crippen LogP contribution in [0.15, 0.2) is 12.5 Å². The average molecular weight is 438 g/mol. The normalized spacial score (nSPS) is 13.1. The Morgan fingerprint density at radius 2 is 1.65 bits per heavy atom. The van der Waals surface area contributed by atoms with E-state index < -0.39 is 36.0 Å². The van der Waals surface area contributed by atoms with Crippen LogP contribution in [0.5, 0.6) is 0 Å². The number of H-pyrrole nitrogens is 1. The van der Waals surface area contributed by atoms with E-state index in [1.54, 1.807) is 0 Å². The second kappa shape index (κ2) is 14.6. The number of carbonyl (C=O) groups is 3. The number of hydrogen-bond donors (Lipinski definition) is 6. The molecule has 6 N–H and O–H groups in total. The first-order chi connectivity index (χ1) is 10.8. The van der Waals surface area contributed by atoms with Crippen molar-refractivity contribution in [1.29, 1.82) is 0 Å². The van der Waals surface area contributed by atoms with Crippen molar-refractivity contribution in [1.82, 2.24) is 20.6 Å². The summed E-state index contributed by atoms with van der Waals surface area (Å²) in [7, 11) is 0. The molecule has 13 heteroatoms. The molecule has 0 aromatic carbocycles. The Kier molecular flexibility index (Phi) is 16.3. The largest absolute Gasteiger partial charge is 0.480 e. The minimum absolute atomic E-state index is 0. The number of hydrogen-bond acceptors (Lipinski definition) is 6. The third-order valence-corrected chi connectivity index (χ3v) is 3.22. The van der Waals surface area contributed by atoms with Crippen LogP contribution in [0.4, 0.5) is 0 Å². The summed E-state index contributed by atoms with van der Waals surface area (Å²) < 4.78 is 0. The van der Waals surface area contributed by atoms with Gasteiger partial charge in [-0.25, -0.2) is 4.98 Å². The fraction of sp³-hybridized carbons (Fsp3) is 0.538. The summed E-state index contributed by atoms with van der Waals surface area (Å²) >= 11 is 0. The maximum Gasteiger partial charge on any atom is 0.321 e. The second-order valence-corrected chi connectivity index (χ2v) is 5.03. The van der Waals surface area contributed by atoms with Gasteiger partial charge in [0.1, 0.15) is 18.1 Å². The molecule has 0 saturated heterocycles. The quantitative estimate of drug-likeness (QED) is 0.283. The predicted octanol–water partition coefficient (Wildman–Crippen LogP) is 0.166. The summed E-state index contributed by atoms with van der Waals surface area (Å²) in [6.45, 7) is 1.44. The number of nitrogens with zero attached hydrogens (tertiary/aromatic N) is 1. The van der Waals surface area contributed by atoms with Crippen LogP contribution in [0.3, 0.4) is 0 Å². The summed E-state index contributed by atoms with van der Waals surface area (Å²) in [5, 5.41) is 32.2. The van der Waals surface area contributed by atoms with Crippen molar-refractivity contribution in [3.63, 3.8) is 0 Å². The van der Waals surface area contributed by atoms with Gasteiger partial charge in [0, 0.05) is 18.3 Å². The SMILES string of the molecule is C[C@H](N[C@@H](CCN[C@H](Cc1cnc[nH]1)C(=O)O)C(=O)O)C(=O)O.Cl.Cl.Cl. The van der Waals surface area contributed by atoms with Crippen LogP contribution in [-0.2, 0) is 20.8 Å². The highest BCUT2D eigenvalue weighted by molar-refractivity contribution is 5.86. The number of carboxylic acid groups (broad SMARTS) is 3. The monoisotopic (exact) mass is 436 g/mol. The Balaban J connectivity index is -0.00000176. The summed E-state index contributed by atoms with van der Waals surface area (Å²) in [6, 6.07) is -3.01. The van der Waals surface area contributed by atoms with Gasteiger partial charge in [-0.15, -0.1) is 37.2 Å². The van der Waals surface area contributed by atoms with Gasteiger partial charge in [0.25, 0.3) is 0 Å². The van der Waals surface area contributed by atoms with Gasteiger partial charge in [0.15, 0.2) is 0 Å². The first-order valence-electron chi connectivity index (χ1n) is 6.96. The van der Waals surface area contributed by atoms with Crippen LogP contribution in [0, 0.1) is 0 Å². The molecular weight excluding hydrogens is 415 g/mol. The maximum atomic E-state index is 11.2. The fourth-order valence-electron chi connectivity index (χ4n) is 1.92. The minimum atomic E-state index is -1.19. The van der Waals surface area contributed by atoms with E-state index in [0.717, 1.165) is 0 Å². The Morgan fingerprint density at radius 1 is 1.08 bits per heavy atom. The molecule has 0 aliphatic carbocycles. The molecule has 0 fully saturated rings. The number of imidazole rings is 1. The van der Waals surface area contributed by atoms with Crippen molar-refractivity contribution < 1.29 is 29.7 Å². The van der Waals surface area contributed by atoms with E-state index in [-0.39, 0.29) is 56.6 Å². The highest BCUT2D eigenvalue weighted by Gasteiger charge is 2.24. The van der Waals surface area contributed by atoms with Crippen LogP contribution in [-0.4, -0.2) is 67.9 Å². The van der Waals surface area contributed by atoms with E-state index in [9.17, 15) is 14.4 Å². The van der Waals surface area contributed by atoms with Crippen molar-refractivity contribution in [2.75, 3.05) is 6.54 Å². The number of aromatic nitrogens is 2. The molecule has 1 rings (SSSR count). The summed E-state index contributed by atoms with van der Waals surface area (Å²) in [4.78, 5) is 39.6. The molecule has 26 heavy (non-hydrogen) atoms. The minimum Gasteiger partial charge on any atom is -0.480 e. The third-order valence-electron chi connectivity index (χ3n) is 3.22. The molecule has 0 aliphatic rings. The smallest absolute Gasteiger partial charge is 0.321 e. The standard InChI is InChI=1S/C13H20N4O6.3ClH/c1-7(11(18)19)17-9(12(20)21)2-3-15-10(13(22)23)4-8-5-14-6-16-8;;;/h5-7,9-10,15,17H,2-4H2,1H3,(H,14,16)(H,18,19)(H,20,21)(H,22,23);3*1H/t7-,9-,10+;;;/m0.../s1. The van der Waals surface area contributed by atoms with E-state index in [4.69, 9.17) is 15.3 Å². The van der Waals surface area contributed by atoms with Gasteiger partial charge in [-0.3, -0.25) is 19.7 Å². The Hall–Kier alpha value is -1.59. The zero-order chi connectivity index (χ0) is 17.4. The molecule has 10 nitrogen and oxygen atoms in total. The van der Waals surface area contributed by atoms with Gasteiger partial charge in [-0.05, 0) is 19.9 Å². The second-order valence-electron chi connectivity index (χ2n) is 5.03. The van der Waals surface area contributed by atoms with Gasteiger partial charge in [-0.2, -0.15) is 0 Å². The van der Waals surface area contributed by atoms with Crippen LogP contribution in [0.2, 0.25) is 0 Å². The number of aromatic amines is 1. The first kappa shape index (κ1) is 29.2. The lowest BCUT2D eigenvalue weighted by atomic mass is 10.1. The zero-order valence-electron chi connectivity index (χ0n) is 13.7. The first-order valence-corrected chi connectivity index (χ1v) is 6.96. The number of nitrogens with one attached hydrogen (secondary N) is 3. The average Bonchev–Trinajstić information content (AvgIpc) is 2.97. The number of rotatable bonds is 11. The van der Waals surface area contributed by atoms with Crippen molar-refractivity contribution in [2.45, 2.75) is 37.9 Å². The highest BCUT2D eigenvalue weighted by Crippen LogP contribution is 2.01. The molecule has 3 atom stereocenters. The van der Waals surface area contributed by atoms with Crippen LogP contribution < -0.4 is 10.6 Å². The molecule has 0 radical (unpaired) electrons. The lowest BCUT2D eigenvalue weighted by molar-refractivity contribution is -0.142. The van der Waals surface area contributed by atoms with Crippen LogP contribution >= 0.6 is 37.2 Å². The van der Waals surface area contributed by atoms with Crippen LogP contribution in [0.25, 0.3) is 0 Å². The summed E-state index contributed by atoms with van der Waals surface area (Å²) in [5.41, 5.74) is 0.636. The highest BCUT2D eigenvalue weighted by atomic mass is 35.5. The van der Waals surface area contributed by atoms with E-state index >= 15 is 0 Å². The molecule has 0 aliphatic heterocycles. The van der Waals surface area contributed by atoms with E-state index in [0.29, 0.717) is 5.69 Å². The van der Waals surface area contributed by atoms with Crippen molar-refractivity contribution >= 4 is 55.1 Å². The van der Waals surface area contributed by atoms with E-state index in [2.05, 4.69) is 20.6 Å². The van der Waals surface area contributed by atoms with Crippen molar-refractivity contribution in [2.24, 2.45) is 0 Å². The van der Waals surface area contributed by atoms with E-state index in [1.165, 1.54) is 19.4 Å². The number of halogens is 3. The molecule has 0 spiro atoms. The molecule has 0 bridgehead atoms. The Labute approximate surface area is 168 Å². The zero-order valence-corrected chi connectivity index (χ0v) is 16.2. The number of aliphatic carboxylic acids is 3. The van der Waals surface area contributed by atoms with Gasteiger partial charge in [0.05, 0.1) is 6.33 Å².